The van der Waals surface area contributed by atoms with Crippen molar-refractivity contribution in [1.82, 2.24) is 20.2 Å². The summed E-state index contributed by atoms with van der Waals surface area (Å²) in [7, 11) is 0. The van der Waals surface area contributed by atoms with Gasteiger partial charge in [0.25, 0.3) is 0 Å². The number of carbonyl (C=O) groups excluding carboxylic acids is 1. The molecule has 2 heterocycles. The smallest absolute Gasteiger partial charge is 0.234 e. The fraction of sp³-hybridized carbons (Fsp3) is 0.615. The average molecular weight is 311 g/mol. The van der Waals surface area contributed by atoms with Gasteiger partial charge in [0.1, 0.15) is 11.0 Å². The maximum atomic E-state index is 11.8. The molecule has 3 rings (SSSR count). The van der Waals surface area contributed by atoms with Crippen LogP contribution in [0.3, 0.4) is 0 Å². The van der Waals surface area contributed by atoms with Crippen LogP contribution in [0.1, 0.15) is 12.8 Å². The predicted molar refractivity (Wildman–Crippen MR) is 81.3 cm³/mol. The van der Waals surface area contributed by atoms with E-state index in [9.17, 15) is 4.79 Å². The minimum atomic E-state index is 0.125. The van der Waals surface area contributed by atoms with Crippen LogP contribution < -0.4 is 16.0 Å². The number of hydrogen-bond donors (Lipinski definition) is 2. The van der Waals surface area contributed by atoms with Gasteiger partial charge in [0.15, 0.2) is 0 Å². The first kappa shape index (κ1) is 14.3. The number of nitrogen functional groups attached to an aromatic ring is 1. The molecule has 1 amide bonds. The number of hydrogen-bond acceptors (Lipinski definition) is 6. The maximum Gasteiger partial charge on any atom is 0.234 e. The monoisotopic (exact) mass is 310 g/mol. The lowest BCUT2D eigenvalue weighted by Crippen LogP contribution is -2.50. The number of carbonyl (C=O) groups is 1. The number of nitrogens with zero attached hydrogens (tertiary/aromatic N) is 4. The van der Waals surface area contributed by atoms with E-state index in [0.717, 1.165) is 44.8 Å². The number of halogens is 1. The van der Waals surface area contributed by atoms with Gasteiger partial charge in [0.2, 0.25) is 11.9 Å². The second-order valence-corrected chi connectivity index (χ2v) is 5.90. The van der Waals surface area contributed by atoms with Gasteiger partial charge in [0.05, 0.1) is 6.54 Å². The largest absolute Gasteiger partial charge is 0.368 e. The van der Waals surface area contributed by atoms with Crippen molar-refractivity contribution in [1.29, 1.82) is 0 Å². The van der Waals surface area contributed by atoms with Gasteiger partial charge >= 0.3 is 0 Å². The molecule has 7 nitrogen and oxygen atoms in total. The van der Waals surface area contributed by atoms with E-state index in [1.54, 1.807) is 6.07 Å². The van der Waals surface area contributed by atoms with Crippen LogP contribution >= 0.6 is 11.6 Å². The summed E-state index contributed by atoms with van der Waals surface area (Å²) in [6, 6.07) is 2.14. The topological polar surface area (TPSA) is 87.4 Å². The summed E-state index contributed by atoms with van der Waals surface area (Å²) in [5.41, 5.74) is 5.61. The van der Waals surface area contributed by atoms with E-state index < -0.39 is 0 Å². The van der Waals surface area contributed by atoms with Crippen molar-refractivity contribution in [2.45, 2.75) is 18.9 Å². The summed E-state index contributed by atoms with van der Waals surface area (Å²) < 4.78 is 0. The first-order chi connectivity index (χ1) is 10.1. The minimum Gasteiger partial charge on any atom is -0.368 e. The number of piperazine rings is 1. The molecule has 1 aromatic heterocycles. The Balaban J connectivity index is 1.51. The number of anilines is 2. The second kappa shape index (κ2) is 6.03. The van der Waals surface area contributed by atoms with E-state index in [1.165, 1.54) is 0 Å². The fourth-order valence-electron chi connectivity index (χ4n) is 2.42. The van der Waals surface area contributed by atoms with Gasteiger partial charge in [-0.15, -0.1) is 0 Å². The molecular weight excluding hydrogens is 292 g/mol. The predicted octanol–water partition coefficient (Wildman–Crippen LogP) is 0.113. The summed E-state index contributed by atoms with van der Waals surface area (Å²) in [6.07, 6.45) is 2.24. The van der Waals surface area contributed by atoms with Crippen LogP contribution in [0.2, 0.25) is 5.15 Å². The zero-order valence-corrected chi connectivity index (χ0v) is 12.5. The molecule has 1 aliphatic carbocycles. The molecule has 0 bridgehead atoms. The average Bonchev–Trinajstić information content (AvgIpc) is 3.22. The molecule has 3 N–H and O–H groups in total. The van der Waals surface area contributed by atoms with Crippen molar-refractivity contribution < 1.29 is 4.79 Å². The zero-order chi connectivity index (χ0) is 14.8. The third kappa shape index (κ3) is 3.95. The highest BCUT2D eigenvalue weighted by Gasteiger charge is 2.25. The normalized spacial score (nSPS) is 19.6. The second-order valence-electron chi connectivity index (χ2n) is 5.51. The Hall–Kier alpha value is -1.60. The molecule has 0 radical (unpaired) electrons. The lowest BCUT2D eigenvalue weighted by molar-refractivity contribution is -0.122. The van der Waals surface area contributed by atoms with Crippen LogP contribution in [-0.2, 0) is 4.79 Å². The van der Waals surface area contributed by atoms with E-state index in [4.69, 9.17) is 17.3 Å². The summed E-state index contributed by atoms with van der Waals surface area (Å²) in [5, 5.41) is 3.36. The quantitative estimate of drug-likeness (QED) is 0.768. The number of nitrogens with one attached hydrogen (secondary N) is 1. The lowest BCUT2D eigenvalue weighted by Gasteiger charge is -2.35. The lowest BCUT2D eigenvalue weighted by atomic mass is 10.3. The van der Waals surface area contributed by atoms with Crippen molar-refractivity contribution in [3.8, 4) is 0 Å². The van der Waals surface area contributed by atoms with Crippen LogP contribution in [0.4, 0.5) is 11.8 Å². The Kier molecular flexibility index (Phi) is 4.12. The summed E-state index contributed by atoms with van der Waals surface area (Å²) in [5.74, 6) is 1.05. The first-order valence-corrected chi connectivity index (χ1v) is 7.54. The molecule has 0 unspecified atom stereocenters. The number of rotatable bonds is 4. The third-order valence-corrected chi connectivity index (χ3v) is 3.90. The van der Waals surface area contributed by atoms with E-state index in [-0.39, 0.29) is 11.9 Å². The Morgan fingerprint density at radius 1 is 1.33 bits per heavy atom. The van der Waals surface area contributed by atoms with Crippen molar-refractivity contribution >= 4 is 29.3 Å². The maximum absolute atomic E-state index is 11.8. The Morgan fingerprint density at radius 2 is 2.05 bits per heavy atom. The first-order valence-electron chi connectivity index (χ1n) is 7.17. The number of aromatic nitrogens is 2. The third-order valence-electron chi connectivity index (χ3n) is 3.70. The minimum absolute atomic E-state index is 0.125. The van der Waals surface area contributed by atoms with Gasteiger partial charge in [-0.2, -0.15) is 4.98 Å². The standard InChI is InChI=1S/C13H19ClN6O/c14-10-7-11(18-13(15)17-10)20-5-3-19(4-6-20)8-12(21)16-9-1-2-9/h7,9H,1-6,8H2,(H,16,21)(H2,15,17,18). The van der Waals surface area contributed by atoms with Gasteiger partial charge in [-0.05, 0) is 12.8 Å². The van der Waals surface area contributed by atoms with Crippen LogP contribution in [0.5, 0.6) is 0 Å². The molecular formula is C13H19ClN6O. The van der Waals surface area contributed by atoms with Crippen LogP contribution in [-0.4, -0.2) is 59.5 Å². The van der Waals surface area contributed by atoms with Crippen molar-refractivity contribution in [3.63, 3.8) is 0 Å². The Labute approximate surface area is 128 Å². The highest BCUT2D eigenvalue weighted by atomic mass is 35.5. The molecule has 8 heteroatoms. The molecule has 2 fully saturated rings. The van der Waals surface area contributed by atoms with Gasteiger partial charge < -0.3 is 16.0 Å². The highest BCUT2D eigenvalue weighted by molar-refractivity contribution is 6.29. The molecule has 2 aliphatic rings. The molecule has 1 saturated heterocycles. The molecule has 1 aliphatic heterocycles. The molecule has 0 spiro atoms. The van der Waals surface area contributed by atoms with E-state index in [0.29, 0.717) is 17.7 Å². The molecule has 21 heavy (non-hydrogen) atoms. The summed E-state index contributed by atoms with van der Waals surface area (Å²) in [4.78, 5) is 24.1. The highest BCUT2D eigenvalue weighted by Crippen LogP contribution is 2.19. The molecule has 1 aromatic rings. The summed E-state index contributed by atoms with van der Waals surface area (Å²) in [6.45, 7) is 3.70. The molecule has 0 atom stereocenters. The summed E-state index contributed by atoms with van der Waals surface area (Å²) >= 11 is 5.90. The molecule has 0 aromatic carbocycles. The van der Waals surface area contributed by atoms with Crippen LogP contribution in [0, 0.1) is 0 Å². The van der Waals surface area contributed by atoms with Crippen molar-refractivity contribution in [3.05, 3.63) is 11.2 Å². The molecule has 1 saturated carbocycles. The van der Waals surface area contributed by atoms with Gasteiger partial charge in [-0.3, -0.25) is 9.69 Å². The molecule has 114 valence electrons. The fourth-order valence-corrected chi connectivity index (χ4v) is 2.61. The Bertz CT molecular complexity index is 507. The van der Waals surface area contributed by atoms with Gasteiger partial charge in [-0.25, -0.2) is 4.98 Å². The zero-order valence-electron chi connectivity index (χ0n) is 11.8. The van der Waals surface area contributed by atoms with E-state index in [2.05, 4.69) is 25.1 Å². The SMILES string of the molecule is Nc1nc(Cl)cc(N2CCN(CC(=O)NC3CC3)CC2)n1. The Morgan fingerprint density at radius 3 is 2.67 bits per heavy atom. The number of nitrogens with two attached hydrogens (primary N) is 1. The van der Waals surface area contributed by atoms with Gasteiger partial charge in [-0.1, -0.05) is 11.6 Å². The van der Waals surface area contributed by atoms with Crippen molar-refractivity contribution in [2.75, 3.05) is 43.4 Å². The van der Waals surface area contributed by atoms with Crippen molar-refractivity contribution in [2.24, 2.45) is 0 Å². The van der Waals surface area contributed by atoms with Crippen LogP contribution in [0.15, 0.2) is 6.07 Å². The van der Waals surface area contributed by atoms with E-state index in [1.807, 2.05) is 0 Å². The van der Waals surface area contributed by atoms with Gasteiger partial charge in [0, 0.05) is 38.3 Å². The van der Waals surface area contributed by atoms with E-state index >= 15 is 0 Å². The number of amides is 1. The van der Waals surface area contributed by atoms with Crippen LogP contribution in [0.25, 0.3) is 0 Å².